The van der Waals surface area contributed by atoms with Gasteiger partial charge < -0.3 is 25.2 Å². The van der Waals surface area contributed by atoms with Gasteiger partial charge in [-0.25, -0.2) is 0 Å². The third-order valence-electron chi connectivity index (χ3n) is 3.81. The van der Waals surface area contributed by atoms with Crippen LogP contribution in [0.3, 0.4) is 0 Å². The summed E-state index contributed by atoms with van der Waals surface area (Å²) in [5.41, 5.74) is 0. The van der Waals surface area contributed by atoms with Gasteiger partial charge in [-0.2, -0.15) is 0 Å². The van der Waals surface area contributed by atoms with E-state index in [4.69, 9.17) is 9.47 Å². The average Bonchev–Trinajstić information content (AvgIpc) is 2.42. The number of aliphatic hydroxyl groups is 1. The molecule has 2 heterocycles. The fourth-order valence-corrected chi connectivity index (χ4v) is 2.71. The second kappa shape index (κ2) is 7.93. The van der Waals surface area contributed by atoms with Gasteiger partial charge in [0.1, 0.15) is 0 Å². The maximum absolute atomic E-state index is 11.7. The highest BCUT2D eigenvalue weighted by Crippen LogP contribution is 2.23. The summed E-state index contributed by atoms with van der Waals surface area (Å²) in [6, 6.07) is 0.208. The molecule has 2 aliphatic heterocycles. The van der Waals surface area contributed by atoms with E-state index in [1.165, 1.54) is 0 Å². The lowest BCUT2D eigenvalue weighted by Crippen LogP contribution is -2.53. The molecule has 0 spiro atoms. The molecule has 2 fully saturated rings. The van der Waals surface area contributed by atoms with Crippen LogP contribution < -0.4 is 10.6 Å². The number of amides is 1. The molecule has 3 N–H and O–H groups in total. The Bertz CT molecular complexity index is 314. The summed E-state index contributed by atoms with van der Waals surface area (Å²) >= 11 is 0. The lowest BCUT2D eigenvalue weighted by molar-refractivity contribution is -0.137. The molecule has 2 aliphatic rings. The summed E-state index contributed by atoms with van der Waals surface area (Å²) in [4.78, 5) is 11.7. The van der Waals surface area contributed by atoms with E-state index in [0.29, 0.717) is 26.2 Å². The number of hydrogen-bond acceptors (Lipinski definition) is 5. The van der Waals surface area contributed by atoms with E-state index < -0.39 is 6.10 Å². The zero-order chi connectivity index (χ0) is 14.4. The summed E-state index contributed by atoms with van der Waals surface area (Å²) in [6.07, 6.45) is 2.68. The smallest absolute Gasteiger partial charge is 0.222 e. The molecule has 0 radical (unpaired) electrons. The van der Waals surface area contributed by atoms with Crippen LogP contribution in [0.5, 0.6) is 0 Å². The maximum atomic E-state index is 11.7. The Morgan fingerprint density at radius 1 is 1.40 bits per heavy atom. The van der Waals surface area contributed by atoms with Crippen molar-refractivity contribution in [3.63, 3.8) is 0 Å². The van der Waals surface area contributed by atoms with Crippen LogP contribution in [0.15, 0.2) is 0 Å². The first-order valence-corrected chi connectivity index (χ1v) is 7.60. The van der Waals surface area contributed by atoms with Gasteiger partial charge in [-0.1, -0.05) is 6.92 Å². The third-order valence-corrected chi connectivity index (χ3v) is 3.81. The fraction of sp³-hybridized carbons (Fsp3) is 0.929. The van der Waals surface area contributed by atoms with Crippen molar-refractivity contribution in [1.82, 2.24) is 10.6 Å². The van der Waals surface area contributed by atoms with Gasteiger partial charge in [0.05, 0.1) is 37.9 Å². The first-order chi connectivity index (χ1) is 9.69. The van der Waals surface area contributed by atoms with Gasteiger partial charge in [0.2, 0.25) is 5.91 Å². The minimum absolute atomic E-state index is 0.0251. The van der Waals surface area contributed by atoms with Gasteiger partial charge in [0, 0.05) is 19.1 Å². The number of hydrogen-bond donors (Lipinski definition) is 3. The fourth-order valence-electron chi connectivity index (χ4n) is 2.71. The first-order valence-electron chi connectivity index (χ1n) is 7.60. The summed E-state index contributed by atoms with van der Waals surface area (Å²) in [5.74, 6) is 0.0606. The van der Waals surface area contributed by atoms with Gasteiger partial charge in [0.25, 0.3) is 0 Å². The Labute approximate surface area is 120 Å². The molecule has 2 rings (SSSR count). The zero-order valence-corrected chi connectivity index (χ0v) is 12.1. The predicted molar refractivity (Wildman–Crippen MR) is 74.4 cm³/mol. The van der Waals surface area contributed by atoms with E-state index in [-0.39, 0.29) is 24.2 Å². The number of fused-ring (bicyclic) bond motifs is 1. The van der Waals surface area contributed by atoms with Crippen LogP contribution >= 0.6 is 0 Å². The zero-order valence-electron chi connectivity index (χ0n) is 12.1. The maximum Gasteiger partial charge on any atom is 0.222 e. The van der Waals surface area contributed by atoms with Crippen molar-refractivity contribution in [2.45, 2.75) is 57.0 Å². The molecule has 1 amide bonds. The number of carbonyl (C=O) groups excluding carboxylic acids is 1. The molecule has 0 aromatic heterocycles. The molecular weight excluding hydrogens is 260 g/mol. The molecule has 116 valence electrons. The molecule has 0 unspecified atom stereocenters. The molecule has 2 saturated heterocycles. The Morgan fingerprint density at radius 3 is 3.05 bits per heavy atom. The Hall–Kier alpha value is -0.690. The van der Waals surface area contributed by atoms with Gasteiger partial charge in [-0.3, -0.25) is 4.79 Å². The van der Waals surface area contributed by atoms with Gasteiger partial charge in [-0.15, -0.1) is 0 Å². The van der Waals surface area contributed by atoms with Crippen LogP contribution in [0, 0.1) is 0 Å². The molecule has 0 aromatic rings. The monoisotopic (exact) mass is 286 g/mol. The first kappa shape index (κ1) is 15.7. The topological polar surface area (TPSA) is 79.8 Å². The van der Waals surface area contributed by atoms with E-state index in [1.54, 1.807) is 0 Å². The average molecular weight is 286 g/mol. The van der Waals surface area contributed by atoms with Gasteiger partial charge >= 0.3 is 0 Å². The quantitative estimate of drug-likeness (QED) is 0.667. The molecule has 20 heavy (non-hydrogen) atoms. The molecule has 0 aliphatic carbocycles. The number of carbonyl (C=O) groups is 1. The van der Waals surface area contributed by atoms with Crippen LogP contribution in [0.2, 0.25) is 0 Å². The number of aliphatic hydroxyl groups excluding tert-OH is 1. The van der Waals surface area contributed by atoms with E-state index in [0.717, 1.165) is 25.8 Å². The highest BCUT2D eigenvalue weighted by atomic mass is 16.5. The van der Waals surface area contributed by atoms with E-state index in [1.807, 2.05) is 6.92 Å². The molecule has 6 nitrogen and oxygen atoms in total. The second-order valence-corrected chi connectivity index (χ2v) is 5.63. The normalized spacial score (nSPS) is 34.7. The van der Waals surface area contributed by atoms with E-state index in [2.05, 4.69) is 10.6 Å². The van der Waals surface area contributed by atoms with E-state index in [9.17, 15) is 9.90 Å². The molecule has 6 heteroatoms. The standard InChI is InChI=1S/C14H26N2O4/c1-2-5-15-14(18)6-11-3-4-12-13(20-11)9-19-8-10(17)7-16-12/h10-13,16-17H,2-9H2,1H3,(H,15,18)/t10-,11-,12+,13-/m0/s1. The molecule has 0 bridgehead atoms. The molecule has 0 aromatic carbocycles. The number of rotatable bonds is 4. The highest BCUT2D eigenvalue weighted by Gasteiger charge is 2.33. The largest absolute Gasteiger partial charge is 0.389 e. The van der Waals surface area contributed by atoms with Crippen LogP contribution in [0.1, 0.15) is 32.6 Å². The number of β-amino-alcohol motifs (C(OH)–C–C–N with tert-alkyl or cyclic N) is 1. The highest BCUT2D eigenvalue weighted by molar-refractivity contribution is 5.76. The molecule has 0 saturated carbocycles. The van der Waals surface area contributed by atoms with Crippen molar-refractivity contribution in [2.24, 2.45) is 0 Å². The molecular formula is C14H26N2O4. The van der Waals surface area contributed by atoms with Crippen LogP contribution in [0.25, 0.3) is 0 Å². The van der Waals surface area contributed by atoms with Crippen molar-refractivity contribution < 1.29 is 19.4 Å². The number of nitrogens with one attached hydrogen (secondary N) is 2. The predicted octanol–water partition coefficient (Wildman–Crippen LogP) is -0.200. The minimum Gasteiger partial charge on any atom is -0.389 e. The SMILES string of the molecule is CCCNC(=O)C[C@@H]1CC[C@H]2NC[C@H](O)COC[C@@H]2O1. The summed E-state index contributed by atoms with van der Waals surface area (Å²) in [7, 11) is 0. The third kappa shape index (κ3) is 4.70. The van der Waals surface area contributed by atoms with Crippen molar-refractivity contribution in [3.8, 4) is 0 Å². The summed E-state index contributed by atoms with van der Waals surface area (Å²) in [6.45, 7) is 4.10. The summed E-state index contributed by atoms with van der Waals surface area (Å²) < 4.78 is 11.4. The van der Waals surface area contributed by atoms with Gasteiger partial charge in [-0.05, 0) is 19.3 Å². The van der Waals surface area contributed by atoms with Gasteiger partial charge in [0.15, 0.2) is 0 Å². The minimum atomic E-state index is -0.450. The van der Waals surface area contributed by atoms with Crippen molar-refractivity contribution in [3.05, 3.63) is 0 Å². The van der Waals surface area contributed by atoms with Crippen molar-refractivity contribution >= 4 is 5.91 Å². The Kier molecular flexibility index (Phi) is 6.22. The van der Waals surface area contributed by atoms with Crippen molar-refractivity contribution in [1.29, 1.82) is 0 Å². The lowest BCUT2D eigenvalue weighted by Gasteiger charge is -2.38. The van der Waals surface area contributed by atoms with Crippen LogP contribution in [-0.4, -0.2) is 61.7 Å². The van der Waals surface area contributed by atoms with Crippen molar-refractivity contribution in [2.75, 3.05) is 26.3 Å². The Morgan fingerprint density at radius 2 is 2.25 bits per heavy atom. The van der Waals surface area contributed by atoms with E-state index >= 15 is 0 Å². The van der Waals surface area contributed by atoms with Crippen LogP contribution in [-0.2, 0) is 14.3 Å². The lowest BCUT2D eigenvalue weighted by atomic mass is 9.96. The second-order valence-electron chi connectivity index (χ2n) is 5.63. The van der Waals surface area contributed by atoms with Crippen LogP contribution in [0.4, 0.5) is 0 Å². The summed E-state index contributed by atoms with van der Waals surface area (Å²) in [5, 5.41) is 15.8. The Balaban J connectivity index is 1.78. The molecule has 4 atom stereocenters. The number of ether oxygens (including phenoxy) is 2.